The number of aldehydes is 1. The van der Waals surface area contributed by atoms with Crippen molar-refractivity contribution in [3.8, 4) is 16.2 Å². The molecule has 0 atom stereocenters. The number of hydrogen-bond donors (Lipinski definition) is 1. The molecule has 128 valence electrons. The van der Waals surface area contributed by atoms with Crippen LogP contribution in [0.2, 0.25) is 0 Å². The molecule has 2 rings (SSSR count). The molecule has 1 aromatic heterocycles. The highest BCUT2D eigenvalue weighted by Crippen LogP contribution is 2.42. The molecule has 0 saturated heterocycles. The molecule has 0 spiro atoms. The van der Waals surface area contributed by atoms with Crippen LogP contribution in [-0.2, 0) is 9.53 Å². The predicted molar refractivity (Wildman–Crippen MR) is 95.6 cm³/mol. The zero-order valence-corrected chi connectivity index (χ0v) is 15.0. The quantitative estimate of drug-likeness (QED) is 0.505. The lowest BCUT2D eigenvalue weighted by atomic mass is 10.1. The van der Waals surface area contributed by atoms with Crippen molar-refractivity contribution >= 4 is 29.3 Å². The summed E-state index contributed by atoms with van der Waals surface area (Å²) in [6.45, 7) is 7.13. The summed E-state index contributed by atoms with van der Waals surface area (Å²) in [6.07, 6.45) is 0.649. The van der Waals surface area contributed by atoms with E-state index in [4.69, 9.17) is 15.2 Å². The van der Waals surface area contributed by atoms with Gasteiger partial charge in [0.15, 0.2) is 11.2 Å². The molecular formula is C18H21NO4S. The maximum absolute atomic E-state index is 12.5. The molecule has 0 fully saturated rings. The van der Waals surface area contributed by atoms with Crippen LogP contribution >= 0.6 is 11.3 Å². The van der Waals surface area contributed by atoms with Crippen LogP contribution in [0.3, 0.4) is 0 Å². The highest BCUT2D eigenvalue weighted by Gasteiger charge is 2.27. The Morgan fingerprint density at radius 3 is 2.62 bits per heavy atom. The molecule has 2 N–H and O–H groups in total. The zero-order chi connectivity index (χ0) is 17.9. The summed E-state index contributed by atoms with van der Waals surface area (Å²) in [5.41, 5.74) is 7.54. The third-order valence-electron chi connectivity index (χ3n) is 3.12. The maximum Gasteiger partial charge on any atom is 0.352 e. The summed E-state index contributed by atoms with van der Waals surface area (Å²) in [4.78, 5) is 24.4. The standard InChI is InChI=1S/C18H21NO4S/c1-11-14(22-9-8-20)16(17(21)23-18(2,3)4)24-15(11)12-6-5-7-13(19)10-12/h5-8,10H,9,19H2,1-4H3. The van der Waals surface area contributed by atoms with E-state index in [1.165, 1.54) is 11.3 Å². The molecule has 0 saturated carbocycles. The first-order valence-corrected chi connectivity index (χ1v) is 8.33. The first kappa shape index (κ1) is 18.0. The van der Waals surface area contributed by atoms with Crippen molar-refractivity contribution in [1.29, 1.82) is 0 Å². The number of carbonyl (C=O) groups is 2. The van der Waals surface area contributed by atoms with Gasteiger partial charge in [0.05, 0.1) is 0 Å². The Labute approximate surface area is 145 Å². The van der Waals surface area contributed by atoms with E-state index in [1.807, 2.05) is 25.1 Å². The number of nitrogen functional groups attached to an aromatic ring is 1. The molecule has 0 aliphatic rings. The van der Waals surface area contributed by atoms with Gasteiger partial charge in [0.25, 0.3) is 0 Å². The van der Waals surface area contributed by atoms with Crippen LogP contribution in [0.5, 0.6) is 5.75 Å². The fourth-order valence-corrected chi connectivity index (χ4v) is 3.33. The van der Waals surface area contributed by atoms with Gasteiger partial charge < -0.3 is 15.2 Å². The van der Waals surface area contributed by atoms with Crippen LogP contribution < -0.4 is 10.5 Å². The van der Waals surface area contributed by atoms with Crippen LogP contribution in [0.1, 0.15) is 36.0 Å². The van der Waals surface area contributed by atoms with E-state index >= 15 is 0 Å². The van der Waals surface area contributed by atoms with Gasteiger partial charge in [0.1, 0.15) is 18.0 Å². The fraction of sp³-hybridized carbons (Fsp3) is 0.333. The van der Waals surface area contributed by atoms with Crippen molar-refractivity contribution in [1.82, 2.24) is 0 Å². The smallest absolute Gasteiger partial charge is 0.352 e. The Kier molecular flexibility index (Phi) is 5.29. The van der Waals surface area contributed by atoms with Crippen molar-refractivity contribution in [2.75, 3.05) is 12.3 Å². The summed E-state index contributed by atoms with van der Waals surface area (Å²) in [5, 5.41) is 0. The molecule has 0 bridgehead atoms. The number of nitrogens with two attached hydrogens (primary N) is 1. The van der Waals surface area contributed by atoms with Gasteiger partial charge in [-0.2, -0.15) is 0 Å². The Morgan fingerprint density at radius 2 is 2.04 bits per heavy atom. The average Bonchev–Trinajstić information content (AvgIpc) is 2.80. The second-order valence-electron chi connectivity index (χ2n) is 6.32. The molecule has 0 unspecified atom stereocenters. The van der Waals surface area contributed by atoms with Crippen molar-refractivity contribution in [3.05, 3.63) is 34.7 Å². The maximum atomic E-state index is 12.5. The third kappa shape index (κ3) is 4.14. The van der Waals surface area contributed by atoms with Crippen LogP contribution in [0.4, 0.5) is 5.69 Å². The number of thiophene rings is 1. The van der Waals surface area contributed by atoms with Gasteiger partial charge in [-0.15, -0.1) is 11.3 Å². The lowest BCUT2D eigenvalue weighted by molar-refractivity contribution is -0.109. The fourth-order valence-electron chi connectivity index (χ4n) is 2.20. The first-order valence-electron chi connectivity index (χ1n) is 7.52. The monoisotopic (exact) mass is 347 g/mol. The van der Waals surface area contributed by atoms with Gasteiger partial charge in [-0.25, -0.2) is 4.79 Å². The topological polar surface area (TPSA) is 78.6 Å². The van der Waals surface area contributed by atoms with Gasteiger partial charge in [0, 0.05) is 16.1 Å². The molecule has 1 aromatic carbocycles. The molecule has 0 amide bonds. The molecule has 6 heteroatoms. The highest BCUT2D eigenvalue weighted by atomic mass is 32.1. The normalized spacial score (nSPS) is 11.2. The molecule has 5 nitrogen and oxygen atoms in total. The second kappa shape index (κ2) is 7.05. The van der Waals surface area contributed by atoms with E-state index in [-0.39, 0.29) is 6.61 Å². The number of hydrogen-bond acceptors (Lipinski definition) is 6. The number of benzene rings is 1. The SMILES string of the molecule is Cc1c(-c2cccc(N)c2)sc(C(=O)OC(C)(C)C)c1OCC=O. The summed E-state index contributed by atoms with van der Waals surface area (Å²) in [6, 6.07) is 7.40. The number of ether oxygens (including phenoxy) is 2. The van der Waals surface area contributed by atoms with Crippen LogP contribution in [0, 0.1) is 6.92 Å². The van der Waals surface area contributed by atoms with Gasteiger partial charge in [0.2, 0.25) is 0 Å². The summed E-state index contributed by atoms with van der Waals surface area (Å²) >= 11 is 1.28. The lowest BCUT2D eigenvalue weighted by Crippen LogP contribution is -2.23. The van der Waals surface area contributed by atoms with Gasteiger partial charge in [-0.3, -0.25) is 4.79 Å². The van der Waals surface area contributed by atoms with Gasteiger partial charge >= 0.3 is 5.97 Å². The van der Waals surface area contributed by atoms with Gasteiger partial charge in [-0.05, 0) is 45.4 Å². The molecule has 2 aromatic rings. The predicted octanol–water partition coefficient (Wildman–Crippen LogP) is 3.84. The van der Waals surface area contributed by atoms with Crippen molar-refractivity contribution in [2.45, 2.75) is 33.3 Å². The minimum Gasteiger partial charge on any atom is -0.484 e. The van der Waals surface area contributed by atoms with E-state index in [0.717, 1.165) is 16.0 Å². The van der Waals surface area contributed by atoms with Crippen molar-refractivity contribution in [3.63, 3.8) is 0 Å². The second-order valence-corrected chi connectivity index (χ2v) is 7.34. The van der Waals surface area contributed by atoms with E-state index in [1.54, 1.807) is 26.8 Å². The summed E-state index contributed by atoms with van der Waals surface area (Å²) in [5.74, 6) is -0.0783. The Hall–Kier alpha value is -2.34. The molecule has 24 heavy (non-hydrogen) atoms. The Bertz CT molecular complexity index is 759. The molecule has 0 radical (unpaired) electrons. The highest BCUT2D eigenvalue weighted by molar-refractivity contribution is 7.18. The first-order chi connectivity index (χ1) is 11.2. The summed E-state index contributed by atoms with van der Waals surface area (Å²) in [7, 11) is 0. The van der Waals surface area contributed by atoms with Crippen LogP contribution in [0.15, 0.2) is 24.3 Å². The molecule has 1 heterocycles. The Morgan fingerprint density at radius 1 is 1.33 bits per heavy atom. The van der Waals surface area contributed by atoms with Crippen molar-refractivity contribution in [2.24, 2.45) is 0 Å². The molecule has 0 aliphatic heterocycles. The number of rotatable bonds is 5. The third-order valence-corrected chi connectivity index (χ3v) is 4.42. The van der Waals surface area contributed by atoms with E-state index in [2.05, 4.69) is 0 Å². The number of esters is 1. The number of carbonyl (C=O) groups excluding carboxylic acids is 2. The lowest BCUT2D eigenvalue weighted by Gasteiger charge is -2.19. The van der Waals surface area contributed by atoms with Crippen LogP contribution in [0.25, 0.3) is 10.4 Å². The molecule has 0 aliphatic carbocycles. The molecular weight excluding hydrogens is 326 g/mol. The number of anilines is 1. The minimum absolute atomic E-state index is 0.121. The van der Waals surface area contributed by atoms with Crippen LogP contribution in [-0.4, -0.2) is 24.5 Å². The zero-order valence-electron chi connectivity index (χ0n) is 14.2. The van der Waals surface area contributed by atoms with E-state index in [0.29, 0.717) is 22.6 Å². The van der Waals surface area contributed by atoms with Crippen molar-refractivity contribution < 1.29 is 19.1 Å². The minimum atomic E-state index is -0.617. The van der Waals surface area contributed by atoms with E-state index in [9.17, 15) is 9.59 Å². The summed E-state index contributed by atoms with van der Waals surface area (Å²) < 4.78 is 10.9. The van der Waals surface area contributed by atoms with E-state index < -0.39 is 11.6 Å². The van der Waals surface area contributed by atoms with Gasteiger partial charge in [-0.1, -0.05) is 12.1 Å². The largest absolute Gasteiger partial charge is 0.484 e. The Balaban J connectivity index is 2.51. The average molecular weight is 347 g/mol.